The zero-order valence-electron chi connectivity index (χ0n) is 12.9. The normalized spacial score (nSPS) is 18.8. The van der Waals surface area contributed by atoms with Crippen LogP contribution < -0.4 is 5.73 Å². The molecular weight excluding hydrogens is 288 g/mol. The lowest BCUT2D eigenvalue weighted by atomic mass is 9.77. The number of hydrogen-bond donors (Lipinski definition) is 1. The average Bonchev–Trinajstić information content (AvgIpc) is 3.19. The number of benzene rings is 1. The molecule has 0 spiro atoms. The van der Waals surface area contributed by atoms with Crippen LogP contribution in [0.2, 0.25) is 0 Å². The van der Waals surface area contributed by atoms with E-state index in [9.17, 15) is 0 Å². The zero-order valence-corrected chi connectivity index (χ0v) is 12.9. The summed E-state index contributed by atoms with van der Waals surface area (Å²) in [6, 6.07) is 8.18. The largest absolute Gasteiger partial charge is 0.334 e. The molecule has 5 nitrogen and oxygen atoms in total. The summed E-state index contributed by atoms with van der Waals surface area (Å²) < 4.78 is 5.64. The summed E-state index contributed by atoms with van der Waals surface area (Å²) >= 11 is 0. The maximum atomic E-state index is 6.34. The van der Waals surface area contributed by atoms with Gasteiger partial charge in [-0.15, -0.1) is 0 Å². The fourth-order valence-corrected chi connectivity index (χ4v) is 3.76. The van der Waals surface area contributed by atoms with Crippen molar-refractivity contribution in [2.45, 2.75) is 44.1 Å². The van der Waals surface area contributed by atoms with Crippen LogP contribution in [0, 0.1) is 0 Å². The molecule has 0 saturated heterocycles. The summed E-state index contributed by atoms with van der Waals surface area (Å²) in [5.74, 6) is 1.24. The molecule has 23 heavy (non-hydrogen) atoms. The highest BCUT2D eigenvalue weighted by Gasteiger charge is 2.39. The Bertz CT molecular complexity index is 911. The standard InChI is InChI=1S/C18H18N4O/c19-18(9-4-10-18)17-21-16(23-22-17)15-11-5-1-2-7-13(11)20-14-8-3-6-12(14)15/h1-2,5,7H,3-4,6,8-10,19H2. The van der Waals surface area contributed by atoms with E-state index in [2.05, 4.69) is 16.2 Å². The smallest absolute Gasteiger partial charge is 0.259 e. The second kappa shape index (κ2) is 4.61. The molecule has 1 aromatic carbocycles. The van der Waals surface area contributed by atoms with Crippen LogP contribution in [-0.4, -0.2) is 15.1 Å². The third-order valence-electron chi connectivity index (χ3n) is 5.25. The summed E-state index contributed by atoms with van der Waals surface area (Å²) in [4.78, 5) is 9.48. The summed E-state index contributed by atoms with van der Waals surface area (Å²) in [6.45, 7) is 0. The van der Waals surface area contributed by atoms with Crippen molar-refractivity contribution in [3.8, 4) is 11.5 Å². The van der Waals surface area contributed by atoms with Gasteiger partial charge in [-0.3, -0.25) is 4.98 Å². The Kier molecular flexibility index (Phi) is 2.65. The molecule has 116 valence electrons. The Balaban J connectivity index is 1.74. The van der Waals surface area contributed by atoms with E-state index < -0.39 is 5.54 Å². The van der Waals surface area contributed by atoms with Gasteiger partial charge in [-0.05, 0) is 50.2 Å². The molecule has 1 saturated carbocycles. The minimum atomic E-state index is -0.395. The van der Waals surface area contributed by atoms with Gasteiger partial charge in [0.15, 0.2) is 5.82 Å². The van der Waals surface area contributed by atoms with Crippen LogP contribution in [0.5, 0.6) is 0 Å². The van der Waals surface area contributed by atoms with Crippen molar-refractivity contribution in [2.75, 3.05) is 0 Å². The summed E-state index contributed by atoms with van der Waals surface area (Å²) in [7, 11) is 0. The molecule has 2 heterocycles. The molecule has 3 aromatic rings. The summed E-state index contributed by atoms with van der Waals surface area (Å²) in [5, 5.41) is 5.27. The van der Waals surface area contributed by atoms with Gasteiger partial charge in [0.1, 0.15) is 0 Å². The van der Waals surface area contributed by atoms with Crippen molar-refractivity contribution in [2.24, 2.45) is 5.73 Å². The quantitative estimate of drug-likeness (QED) is 0.787. The Hall–Kier alpha value is -2.27. The fourth-order valence-electron chi connectivity index (χ4n) is 3.76. The van der Waals surface area contributed by atoms with Gasteiger partial charge in [0.05, 0.1) is 16.6 Å². The number of para-hydroxylation sites is 1. The minimum absolute atomic E-state index is 0.395. The van der Waals surface area contributed by atoms with E-state index in [-0.39, 0.29) is 0 Å². The molecule has 2 aliphatic carbocycles. The van der Waals surface area contributed by atoms with Gasteiger partial charge in [-0.2, -0.15) is 4.98 Å². The Morgan fingerprint density at radius 3 is 2.74 bits per heavy atom. The number of pyridine rings is 1. The SMILES string of the molecule is NC1(c2noc(-c3c4c(nc5ccccc35)CCC4)n2)CCC1. The highest BCUT2D eigenvalue weighted by molar-refractivity contribution is 5.94. The molecule has 2 N–H and O–H groups in total. The lowest BCUT2D eigenvalue weighted by Gasteiger charge is -2.34. The Morgan fingerprint density at radius 1 is 1.04 bits per heavy atom. The number of nitrogens with two attached hydrogens (primary N) is 1. The van der Waals surface area contributed by atoms with Gasteiger partial charge in [0.2, 0.25) is 0 Å². The zero-order chi connectivity index (χ0) is 15.4. The van der Waals surface area contributed by atoms with Crippen molar-refractivity contribution in [1.82, 2.24) is 15.1 Å². The van der Waals surface area contributed by atoms with Gasteiger partial charge in [0.25, 0.3) is 5.89 Å². The van der Waals surface area contributed by atoms with Crippen LogP contribution >= 0.6 is 0 Å². The third-order valence-corrected chi connectivity index (χ3v) is 5.25. The van der Waals surface area contributed by atoms with Crippen molar-refractivity contribution >= 4 is 10.9 Å². The number of fused-ring (bicyclic) bond motifs is 2. The Labute approximate surface area is 133 Å². The van der Waals surface area contributed by atoms with E-state index in [1.54, 1.807) is 0 Å². The maximum absolute atomic E-state index is 6.34. The second-order valence-corrected chi connectivity index (χ2v) is 6.72. The predicted octanol–water partition coefficient (Wildman–Crippen LogP) is 3.11. The van der Waals surface area contributed by atoms with Gasteiger partial charge >= 0.3 is 0 Å². The first kappa shape index (κ1) is 13.2. The maximum Gasteiger partial charge on any atom is 0.259 e. The minimum Gasteiger partial charge on any atom is -0.334 e. The molecule has 0 bridgehead atoms. The molecule has 0 radical (unpaired) electrons. The highest BCUT2D eigenvalue weighted by atomic mass is 16.5. The fraction of sp³-hybridized carbons (Fsp3) is 0.389. The molecule has 0 aliphatic heterocycles. The number of rotatable bonds is 2. The average molecular weight is 306 g/mol. The number of aryl methyl sites for hydroxylation is 1. The van der Waals surface area contributed by atoms with E-state index in [1.165, 1.54) is 11.3 Å². The Morgan fingerprint density at radius 2 is 1.91 bits per heavy atom. The second-order valence-electron chi connectivity index (χ2n) is 6.72. The highest BCUT2D eigenvalue weighted by Crippen LogP contribution is 2.40. The van der Waals surface area contributed by atoms with Crippen LogP contribution in [0.3, 0.4) is 0 Å². The van der Waals surface area contributed by atoms with E-state index >= 15 is 0 Å². The van der Waals surface area contributed by atoms with E-state index in [1.807, 2.05) is 18.2 Å². The van der Waals surface area contributed by atoms with Gasteiger partial charge in [0, 0.05) is 11.1 Å². The molecule has 0 atom stereocenters. The van der Waals surface area contributed by atoms with Crippen LogP contribution in [-0.2, 0) is 18.4 Å². The number of aromatic nitrogens is 3. The molecule has 2 aromatic heterocycles. The van der Waals surface area contributed by atoms with Crippen molar-refractivity contribution in [3.05, 3.63) is 41.3 Å². The number of nitrogens with zero attached hydrogens (tertiary/aromatic N) is 3. The van der Waals surface area contributed by atoms with Crippen molar-refractivity contribution in [1.29, 1.82) is 0 Å². The van der Waals surface area contributed by atoms with Gasteiger partial charge in [-0.1, -0.05) is 23.4 Å². The first-order chi connectivity index (χ1) is 11.2. The van der Waals surface area contributed by atoms with Crippen LogP contribution in [0.1, 0.15) is 42.8 Å². The van der Waals surface area contributed by atoms with E-state index in [0.29, 0.717) is 11.7 Å². The third kappa shape index (κ3) is 1.86. The van der Waals surface area contributed by atoms with Gasteiger partial charge < -0.3 is 10.3 Å². The molecular formula is C18H18N4O. The van der Waals surface area contributed by atoms with Crippen molar-refractivity contribution in [3.63, 3.8) is 0 Å². The molecule has 5 rings (SSSR count). The molecule has 5 heteroatoms. The van der Waals surface area contributed by atoms with E-state index in [0.717, 1.165) is 55.0 Å². The van der Waals surface area contributed by atoms with Crippen LogP contribution in [0.25, 0.3) is 22.4 Å². The van der Waals surface area contributed by atoms with E-state index in [4.69, 9.17) is 15.2 Å². The number of hydrogen-bond acceptors (Lipinski definition) is 5. The van der Waals surface area contributed by atoms with Crippen LogP contribution in [0.15, 0.2) is 28.8 Å². The molecule has 1 fully saturated rings. The topological polar surface area (TPSA) is 77.8 Å². The monoisotopic (exact) mass is 306 g/mol. The summed E-state index contributed by atoms with van der Waals surface area (Å²) in [5.41, 5.74) is 10.4. The summed E-state index contributed by atoms with van der Waals surface area (Å²) in [6.07, 6.45) is 6.17. The lowest BCUT2D eigenvalue weighted by Crippen LogP contribution is -2.44. The first-order valence-corrected chi connectivity index (χ1v) is 8.28. The molecule has 0 unspecified atom stereocenters. The van der Waals surface area contributed by atoms with Gasteiger partial charge in [-0.25, -0.2) is 0 Å². The predicted molar refractivity (Wildman–Crippen MR) is 86.8 cm³/mol. The van der Waals surface area contributed by atoms with Crippen LogP contribution in [0.4, 0.5) is 0 Å². The van der Waals surface area contributed by atoms with Crippen molar-refractivity contribution < 1.29 is 4.52 Å². The molecule has 2 aliphatic rings. The lowest BCUT2D eigenvalue weighted by molar-refractivity contribution is 0.229. The first-order valence-electron chi connectivity index (χ1n) is 8.28. The molecule has 0 amide bonds.